The van der Waals surface area contributed by atoms with Gasteiger partial charge < -0.3 is 43.0 Å². The third kappa shape index (κ3) is 14.7. The van der Waals surface area contributed by atoms with E-state index in [0.29, 0.717) is 67.3 Å². The Kier molecular flexibility index (Phi) is 19.3. The number of hydrogen-bond donors (Lipinski definition) is 1. The van der Waals surface area contributed by atoms with Gasteiger partial charge >= 0.3 is 41.8 Å². The van der Waals surface area contributed by atoms with Crippen LogP contribution in [0, 0.1) is 47.3 Å². The minimum absolute atomic E-state index is 0. The van der Waals surface area contributed by atoms with Crippen LogP contribution in [-0.4, -0.2) is 128 Å². The Morgan fingerprint density at radius 2 is 1.06 bits per heavy atom. The maximum atomic E-state index is 12.2. The van der Waals surface area contributed by atoms with Gasteiger partial charge in [-0.25, -0.2) is 33.6 Å². The average molecular weight is 1100 g/mol. The molecule has 7 unspecified atom stereocenters. The minimum atomic E-state index is -3.53. The van der Waals surface area contributed by atoms with Crippen LogP contribution >= 0.6 is 0 Å². The van der Waals surface area contributed by atoms with Crippen LogP contribution in [-0.2, 0) is 85.8 Å². The summed E-state index contributed by atoms with van der Waals surface area (Å²) in [6.07, 6.45) is 12.9. The Bertz CT molecular complexity index is 2410. The number of rotatable bonds is 14. The summed E-state index contributed by atoms with van der Waals surface area (Å²) in [6.45, 7) is 24.1. The van der Waals surface area contributed by atoms with Crippen molar-refractivity contribution < 1.29 is 89.2 Å². The summed E-state index contributed by atoms with van der Waals surface area (Å²) in [6, 6.07) is 0. The van der Waals surface area contributed by atoms with Crippen molar-refractivity contribution in [3.8, 4) is 0 Å². The van der Waals surface area contributed by atoms with Crippen molar-refractivity contribution in [2.75, 3.05) is 33.0 Å². The van der Waals surface area contributed by atoms with Crippen molar-refractivity contribution in [2.24, 2.45) is 47.3 Å². The van der Waals surface area contributed by atoms with E-state index in [1.54, 1.807) is 13.8 Å². The van der Waals surface area contributed by atoms with Crippen LogP contribution in [0.3, 0.4) is 0 Å². The van der Waals surface area contributed by atoms with Gasteiger partial charge in [-0.3, -0.25) is 4.18 Å². The van der Waals surface area contributed by atoms with Crippen molar-refractivity contribution >= 4 is 51.9 Å². The molecule has 0 aromatic carbocycles. The normalized spacial score (nSPS) is 35.7. The standard InChI is InChI=1S/C19H26O6.C14H20O3.C13H16O7S.C10H16O3.CH4/c1-11(2)18(22)24-9-16(20)23-10-17(21)25-19(3)14-5-12-4-13(7-14)8-15(19)6-12;1-9(2)12(15)17-14-6-10-3-11(7-14)5-13(16,4-10)8-14;1-6(2)13(15)18-5-10(14)19-11-7-3-8-9(4-7)21(16,17)20-12(8)11;1-8(2)9(11)13-10(3)4-6-12-7-5-10;/h12-15H,1,4-10H2,2-3H3;10-11,16H,1,3-8H2,2H3;7-9,11-12H,1,3-5H2,2H3;1,4-7H2,2-3H3;1H4. The van der Waals surface area contributed by atoms with E-state index in [-0.39, 0.29) is 47.9 Å². The second-order valence-corrected chi connectivity index (χ2v) is 25.8. The van der Waals surface area contributed by atoms with E-state index in [2.05, 4.69) is 31.1 Å². The summed E-state index contributed by atoms with van der Waals surface area (Å²) in [5.74, 6) is -0.537. The monoisotopic (exact) mass is 1100 g/mol. The molecule has 430 valence electrons. The lowest BCUT2D eigenvalue weighted by molar-refractivity contribution is -0.217. The minimum Gasteiger partial charge on any atom is -0.457 e. The highest BCUT2D eigenvalue weighted by Crippen LogP contribution is 2.61. The predicted molar refractivity (Wildman–Crippen MR) is 277 cm³/mol. The molecule has 0 aromatic rings. The van der Waals surface area contributed by atoms with E-state index in [1.807, 2.05) is 13.8 Å². The molecule has 7 atom stereocenters. The first kappa shape index (κ1) is 61.3. The van der Waals surface area contributed by atoms with Crippen LogP contribution in [0.25, 0.3) is 0 Å². The second-order valence-electron chi connectivity index (χ2n) is 24.0. The van der Waals surface area contributed by atoms with E-state index < -0.39 is 94.0 Å². The molecule has 12 fully saturated rings. The molecule has 12 rings (SSSR count). The Morgan fingerprint density at radius 1 is 0.584 bits per heavy atom. The highest BCUT2D eigenvalue weighted by atomic mass is 32.2. The van der Waals surface area contributed by atoms with E-state index >= 15 is 0 Å². The molecule has 1 N–H and O–H groups in total. The quantitative estimate of drug-likeness (QED) is 0.0790. The number of hydrogen-bond acceptors (Lipinski definition) is 19. The fraction of sp³-hybridized carbons (Fsp3) is 0.737. The zero-order valence-electron chi connectivity index (χ0n) is 45.0. The van der Waals surface area contributed by atoms with Gasteiger partial charge in [-0.1, -0.05) is 33.7 Å². The molecule has 0 amide bonds. The number of aliphatic hydroxyl groups is 1. The van der Waals surface area contributed by atoms with Gasteiger partial charge in [-0.2, -0.15) is 8.42 Å². The van der Waals surface area contributed by atoms with Gasteiger partial charge in [-0.05, 0) is 154 Å². The van der Waals surface area contributed by atoms with E-state index in [1.165, 1.54) is 26.7 Å². The van der Waals surface area contributed by atoms with Gasteiger partial charge in [-0.15, -0.1) is 0 Å². The van der Waals surface area contributed by atoms with Crippen LogP contribution in [0.15, 0.2) is 48.6 Å². The van der Waals surface area contributed by atoms with Gasteiger partial charge in [0.15, 0.2) is 19.8 Å². The first-order chi connectivity index (χ1) is 35.5. The van der Waals surface area contributed by atoms with Crippen molar-refractivity contribution in [1.82, 2.24) is 0 Å². The highest BCUT2D eigenvalue weighted by molar-refractivity contribution is 7.87. The maximum absolute atomic E-state index is 12.2. The molecule has 2 heterocycles. The number of fused-ring (bicyclic) bond motifs is 1. The number of carbonyl (C=O) groups is 7. The fourth-order valence-corrected chi connectivity index (χ4v) is 16.1. The topological polar surface area (TPSA) is 257 Å². The Balaban J connectivity index is 0.000000170. The zero-order chi connectivity index (χ0) is 55.7. The van der Waals surface area contributed by atoms with E-state index in [0.717, 1.165) is 76.0 Å². The summed E-state index contributed by atoms with van der Waals surface area (Å²) in [4.78, 5) is 80.8. The van der Waals surface area contributed by atoms with Gasteiger partial charge in [0, 0.05) is 53.4 Å². The molecule has 19 nitrogen and oxygen atoms in total. The van der Waals surface area contributed by atoms with Crippen molar-refractivity contribution in [3.05, 3.63) is 48.6 Å². The van der Waals surface area contributed by atoms with Crippen molar-refractivity contribution in [2.45, 2.75) is 185 Å². The molecular weight excluding hydrogens is 1020 g/mol. The SMILES string of the molecule is C.C=C(C)C(=O)OC1(C)CCOCC1.C=C(C)C(=O)OC12CC3CC(CC(O)(C3)C1)C2.C=C(C)C(=O)OCC(=O)OC1C2CC3C1OS(=O)(=O)C3C2.C=C(C)C(=O)OCC(=O)OCC(=O)OC1(C)C2CC3CC(C2)CC1C3. The Labute approximate surface area is 453 Å². The van der Waals surface area contributed by atoms with Crippen LogP contribution < -0.4 is 0 Å². The molecule has 10 aliphatic carbocycles. The fourth-order valence-electron chi connectivity index (χ4n) is 14.2. The number of esters is 7. The van der Waals surface area contributed by atoms with Gasteiger partial charge in [0.2, 0.25) is 0 Å². The lowest BCUT2D eigenvalue weighted by Crippen LogP contribution is -2.60. The molecule has 0 radical (unpaired) electrons. The van der Waals surface area contributed by atoms with Gasteiger partial charge in [0.25, 0.3) is 10.1 Å². The van der Waals surface area contributed by atoms with Crippen molar-refractivity contribution in [1.29, 1.82) is 0 Å². The van der Waals surface area contributed by atoms with Crippen molar-refractivity contribution in [3.63, 3.8) is 0 Å². The molecule has 10 saturated carbocycles. The average Bonchev–Trinajstić information content (AvgIpc) is 3.95. The Morgan fingerprint density at radius 3 is 1.57 bits per heavy atom. The van der Waals surface area contributed by atoms with E-state index in [9.17, 15) is 47.1 Å². The first-order valence-corrected chi connectivity index (χ1v) is 28.2. The smallest absolute Gasteiger partial charge is 0.344 e. The second kappa shape index (κ2) is 24.2. The molecule has 77 heavy (non-hydrogen) atoms. The first-order valence-electron chi connectivity index (χ1n) is 26.7. The van der Waals surface area contributed by atoms with E-state index in [4.69, 9.17) is 37.3 Å². The highest BCUT2D eigenvalue weighted by Gasteiger charge is 2.65. The van der Waals surface area contributed by atoms with Crippen LogP contribution in [0.4, 0.5) is 0 Å². The van der Waals surface area contributed by atoms with Crippen LogP contribution in [0.5, 0.6) is 0 Å². The molecule has 2 aliphatic heterocycles. The predicted octanol–water partition coefficient (Wildman–Crippen LogP) is 7.06. The Hall–Kier alpha value is -4.92. The number of carbonyl (C=O) groups excluding carboxylic acids is 7. The zero-order valence-corrected chi connectivity index (χ0v) is 45.8. The summed E-state index contributed by atoms with van der Waals surface area (Å²) in [5, 5.41) is 10.1. The summed E-state index contributed by atoms with van der Waals surface area (Å²) >= 11 is 0. The third-order valence-corrected chi connectivity index (χ3v) is 19.1. The molecular formula is C57H82O19S. The van der Waals surface area contributed by atoms with Gasteiger partial charge in [0.05, 0.1) is 24.1 Å². The summed E-state index contributed by atoms with van der Waals surface area (Å²) in [7, 11) is -3.53. The molecule has 12 aliphatic rings. The maximum Gasteiger partial charge on any atom is 0.344 e. The lowest BCUT2D eigenvalue weighted by atomic mass is 9.50. The molecule has 0 aromatic heterocycles. The van der Waals surface area contributed by atoms with Crippen LogP contribution in [0.1, 0.15) is 145 Å². The van der Waals surface area contributed by atoms with Crippen LogP contribution in [0.2, 0.25) is 0 Å². The molecule has 2 saturated heterocycles. The van der Waals surface area contributed by atoms with Gasteiger partial charge in [0.1, 0.15) is 29.0 Å². The summed E-state index contributed by atoms with van der Waals surface area (Å²) in [5.41, 5.74) is -0.468. The third-order valence-electron chi connectivity index (χ3n) is 17.3. The summed E-state index contributed by atoms with van der Waals surface area (Å²) < 4.78 is 70.1. The molecule has 0 spiro atoms. The lowest BCUT2D eigenvalue weighted by Gasteiger charge is -2.59. The largest absolute Gasteiger partial charge is 0.457 e. The number of ether oxygens (including phenoxy) is 8. The molecule has 20 heteroatoms. The molecule has 10 bridgehead atoms.